The van der Waals surface area contributed by atoms with Crippen LogP contribution in [0.15, 0.2) is 0 Å². The van der Waals surface area contributed by atoms with E-state index >= 15 is 0 Å². The molecule has 0 fully saturated rings. The highest BCUT2D eigenvalue weighted by Crippen LogP contribution is 1.98. The second-order valence-corrected chi connectivity index (χ2v) is 0.848. The van der Waals surface area contributed by atoms with E-state index in [1.807, 2.05) is 14.7 Å². The molecule has 0 heterocycles. The molecule has 0 atom stereocenters. The zero-order chi connectivity index (χ0) is 5.58. The topological polar surface area (TPSA) is 57.5 Å². The molecule has 0 rings (SSSR count). The highest BCUT2D eigenvalue weighted by Gasteiger charge is 1.61. The molecule has 0 amide bonds. The van der Waals surface area contributed by atoms with E-state index in [4.69, 9.17) is 14.4 Å². The lowest BCUT2D eigenvalue weighted by Gasteiger charge is -1.61. The van der Waals surface area contributed by atoms with Gasteiger partial charge in [0.15, 0.2) is 0 Å². The van der Waals surface area contributed by atoms with E-state index in [-0.39, 0.29) is 0 Å². The Kier molecular flexibility index (Phi) is 14.2. The summed E-state index contributed by atoms with van der Waals surface area (Å²) in [5, 5.41) is 0. The van der Waals surface area contributed by atoms with E-state index in [1.165, 1.54) is 0 Å². The van der Waals surface area contributed by atoms with Crippen molar-refractivity contribution in [2.45, 2.75) is 6.82 Å². The van der Waals surface area contributed by atoms with E-state index in [9.17, 15) is 0 Å². The SMILES string of the molecule is BC.O=[PH](O)O. The lowest BCUT2D eigenvalue weighted by atomic mass is 10.2. The highest BCUT2D eigenvalue weighted by molar-refractivity contribution is 7.30. The molecule has 0 saturated heterocycles. The molecule has 6 heavy (non-hydrogen) atoms. The minimum absolute atomic E-state index is 2.00. The smallest absolute Gasteiger partial charge is 0.314 e. The van der Waals surface area contributed by atoms with Gasteiger partial charge >= 0.3 is 8.25 Å². The van der Waals surface area contributed by atoms with Gasteiger partial charge in [0, 0.05) is 0 Å². The van der Waals surface area contributed by atoms with Crippen LogP contribution in [0.4, 0.5) is 0 Å². The molecule has 0 aromatic heterocycles. The van der Waals surface area contributed by atoms with Gasteiger partial charge in [-0.2, -0.15) is 0 Å². The van der Waals surface area contributed by atoms with Crippen molar-refractivity contribution in [3.05, 3.63) is 0 Å². The quantitative estimate of drug-likeness (QED) is 0.311. The maximum absolute atomic E-state index is 8.74. The third-order valence-electron chi connectivity index (χ3n) is 0. The molecule has 3 nitrogen and oxygen atoms in total. The lowest BCUT2D eigenvalue weighted by Crippen LogP contribution is -1.38. The average Bonchev–Trinajstić information content (AvgIpc) is 1.41. The summed E-state index contributed by atoms with van der Waals surface area (Å²) in [6.07, 6.45) is 0. The fraction of sp³-hybridized carbons (Fsp3) is 1.00. The molecule has 2 N–H and O–H groups in total. The summed E-state index contributed by atoms with van der Waals surface area (Å²) in [5.74, 6) is 0. The molecule has 0 aliphatic carbocycles. The fourth-order valence-electron chi connectivity index (χ4n) is 0. The Bertz CT molecular complexity index is 33.8. The van der Waals surface area contributed by atoms with E-state index in [0.717, 1.165) is 0 Å². The second kappa shape index (κ2) is 8.96. The molecule has 0 spiro atoms. The molecule has 0 radical (unpaired) electrons. The van der Waals surface area contributed by atoms with Gasteiger partial charge in [-0.15, -0.1) is 0 Å². The van der Waals surface area contributed by atoms with Gasteiger partial charge in [0.1, 0.15) is 0 Å². The third kappa shape index (κ3) is 943. The van der Waals surface area contributed by atoms with Gasteiger partial charge in [0.25, 0.3) is 0 Å². The van der Waals surface area contributed by atoms with Gasteiger partial charge in [0.05, 0.1) is 7.85 Å². The largest absolute Gasteiger partial charge is 0.326 e. The number of rotatable bonds is 0. The molecule has 5 heteroatoms. The summed E-state index contributed by atoms with van der Waals surface area (Å²) in [5.41, 5.74) is 0. The van der Waals surface area contributed by atoms with Crippen LogP contribution in [0.2, 0.25) is 6.82 Å². The van der Waals surface area contributed by atoms with E-state index in [2.05, 4.69) is 0 Å². The summed E-state index contributed by atoms with van der Waals surface area (Å²) in [7, 11) is -1.13. The average molecular weight is 110 g/mol. The molecule has 0 aliphatic heterocycles. The van der Waals surface area contributed by atoms with Crippen molar-refractivity contribution < 1.29 is 14.4 Å². The van der Waals surface area contributed by atoms with Crippen LogP contribution in [0.5, 0.6) is 0 Å². The van der Waals surface area contributed by atoms with Crippen molar-refractivity contribution in [1.29, 1.82) is 0 Å². The van der Waals surface area contributed by atoms with Gasteiger partial charge in [-0.05, 0) is 0 Å². The van der Waals surface area contributed by atoms with Crippen LogP contribution in [-0.4, -0.2) is 17.6 Å². The molecule has 0 aromatic rings. The summed E-state index contributed by atoms with van der Waals surface area (Å²) in [6.45, 7) is 2.00. The lowest BCUT2D eigenvalue weighted by molar-refractivity contribution is 0.405. The van der Waals surface area contributed by atoms with Crippen LogP contribution in [0.1, 0.15) is 0 Å². The molecule has 0 saturated carbocycles. The zero-order valence-corrected chi connectivity index (χ0v) is 4.80. The number of hydrogen-bond acceptors (Lipinski definition) is 1. The molecule has 0 aromatic carbocycles. The number of hydrogen-bond donors (Lipinski definition) is 2. The Morgan fingerprint density at radius 2 is 1.50 bits per heavy atom. The first kappa shape index (κ1) is 9.51. The van der Waals surface area contributed by atoms with Gasteiger partial charge in [-0.1, -0.05) is 6.82 Å². The van der Waals surface area contributed by atoms with Crippen molar-refractivity contribution in [2.24, 2.45) is 0 Å². The highest BCUT2D eigenvalue weighted by atomic mass is 31.1. The summed E-state index contributed by atoms with van der Waals surface area (Å²) in [6, 6.07) is 0. The molecular formula is CH8BO3P. The first-order chi connectivity index (χ1) is 2.73. The Morgan fingerprint density at radius 3 is 1.50 bits per heavy atom. The Morgan fingerprint density at radius 1 is 1.50 bits per heavy atom. The standard InChI is InChI=1S/CH5B.H3O3P/c1-2;1-4(2)3/h2H2,1H3;4H,(H2,1,2,3). The van der Waals surface area contributed by atoms with Gasteiger partial charge in [-0.3, -0.25) is 4.57 Å². The second-order valence-electron chi connectivity index (χ2n) is 0.283. The Hall–Kier alpha value is 0.215. The Balaban J connectivity index is 0. The van der Waals surface area contributed by atoms with Crippen LogP contribution in [-0.2, 0) is 4.57 Å². The van der Waals surface area contributed by atoms with Gasteiger partial charge in [-0.25, -0.2) is 0 Å². The summed E-state index contributed by atoms with van der Waals surface area (Å²) >= 11 is 0. The van der Waals surface area contributed by atoms with Crippen molar-refractivity contribution in [3.63, 3.8) is 0 Å². The molecule has 0 bridgehead atoms. The minimum atomic E-state index is -3.13. The van der Waals surface area contributed by atoms with E-state index < -0.39 is 8.25 Å². The molecule has 0 aliphatic rings. The van der Waals surface area contributed by atoms with E-state index in [1.54, 1.807) is 0 Å². The predicted molar refractivity (Wildman–Crippen MR) is 27.8 cm³/mol. The maximum Gasteiger partial charge on any atom is 0.314 e. The monoisotopic (exact) mass is 110 g/mol. The normalized spacial score (nSPS) is 6.67. The fourth-order valence-corrected chi connectivity index (χ4v) is 0. The van der Waals surface area contributed by atoms with Gasteiger partial charge < -0.3 is 9.79 Å². The summed E-state index contributed by atoms with van der Waals surface area (Å²) in [4.78, 5) is 14.3. The molecular weight excluding hydrogens is 102 g/mol. The molecule has 0 unspecified atom stereocenters. The Labute approximate surface area is 38.4 Å². The summed E-state index contributed by atoms with van der Waals surface area (Å²) < 4.78 is 8.74. The van der Waals surface area contributed by atoms with Crippen LogP contribution >= 0.6 is 8.25 Å². The van der Waals surface area contributed by atoms with Crippen LogP contribution in [0.3, 0.4) is 0 Å². The third-order valence-corrected chi connectivity index (χ3v) is 0. The van der Waals surface area contributed by atoms with Crippen LogP contribution in [0, 0.1) is 0 Å². The van der Waals surface area contributed by atoms with Crippen LogP contribution in [0.25, 0.3) is 0 Å². The van der Waals surface area contributed by atoms with Crippen molar-refractivity contribution in [3.8, 4) is 0 Å². The minimum Gasteiger partial charge on any atom is -0.326 e. The first-order valence-corrected chi connectivity index (χ1v) is 2.95. The first-order valence-electron chi connectivity index (χ1n) is 1.65. The van der Waals surface area contributed by atoms with E-state index in [0.29, 0.717) is 0 Å². The van der Waals surface area contributed by atoms with Crippen molar-refractivity contribution in [1.82, 2.24) is 0 Å². The molecule has 38 valence electrons. The van der Waals surface area contributed by atoms with Crippen LogP contribution < -0.4 is 0 Å². The maximum atomic E-state index is 8.74. The zero-order valence-electron chi connectivity index (χ0n) is 3.80. The van der Waals surface area contributed by atoms with Crippen molar-refractivity contribution >= 4 is 16.1 Å². The van der Waals surface area contributed by atoms with Gasteiger partial charge in [0.2, 0.25) is 0 Å². The van der Waals surface area contributed by atoms with Crippen molar-refractivity contribution in [2.75, 3.05) is 0 Å². The predicted octanol–water partition coefficient (Wildman–Crippen LogP) is -0.972.